The second-order valence-corrected chi connectivity index (χ2v) is 6.43. The number of nitrogens with zero attached hydrogens (tertiary/aromatic N) is 1. The number of aromatic nitrogens is 1. The van der Waals surface area contributed by atoms with Gasteiger partial charge in [-0.05, 0) is 49.6 Å². The third-order valence-electron chi connectivity index (χ3n) is 3.63. The molecule has 0 radical (unpaired) electrons. The molecule has 0 saturated carbocycles. The number of carbonyl (C=O) groups is 1. The van der Waals surface area contributed by atoms with E-state index in [0.29, 0.717) is 17.0 Å². The second kappa shape index (κ2) is 7.19. The zero-order valence-corrected chi connectivity index (χ0v) is 16.4. The molecule has 0 saturated heterocycles. The van der Waals surface area contributed by atoms with Gasteiger partial charge in [-0.25, -0.2) is 9.37 Å². The zero-order chi connectivity index (χ0) is 16.6. The van der Waals surface area contributed by atoms with Gasteiger partial charge in [-0.2, -0.15) is 11.3 Å². The van der Waals surface area contributed by atoms with Crippen LogP contribution in [0.15, 0.2) is 45.5 Å². The molecule has 2 aromatic heterocycles. The average Bonchev–Trinajstić information content (AvgIpc) is 3.17. The van der Waals surface area contributed by atoms with Gasteiger partial charge >= 0.3 is 35.5 Å². The van der Waals surface area contributed by atoms with E-state index in [1.807, 2.05) is 16.8 Å². The first kappa shape index (κ1) is 18.9. The fourth-order valence-electron chi connectivity index (χ4n) is 2.15. The molecule has 0 bridgehead atoms. The number of halogens is 1. The van der Waals surface area contributed by atoms with Crippen LogP contribution in [0.4, 0.5) is 4.39 Å². The van der Waals surface area contributed by atoms with Crippen molar-refractivity contribution in [3.63, 3.8) is 0 Å². The number of rotatable bonds is 4. The monoisotopic (exact) mass is 355 g/mol. The van der Waals surface area contributed by atoms with Crippen LogP contribution in [0.2, 0.25) is 0 Å². The molecule has 0 spiro atoms. The molecular formula is C17H15FNNaO3S. The van der Waals surface area contributed by atoms with Crippen LogP contribution >= 0.6 is 11.3 Å². The van der Waals surface area contributed by atoms with Crippen LogP contribution in [0.25, 0.3) is 22.8 Å². The molecule has 0 aliphatic carbocycles. The maximum Gasteiger partial charge on any atom is 1.00 e. The number of carboxylic acids is 1. The third kappa shape index (κ3) is 3.47. The Bertz CT molecular complexity index is 847. The van der Waals surface area contributed by atoms with E-state index in [4.69, 9.17) is 4.42 Å². The Morgan fingerprint density at radius 1 is 1.25 bits per heavy atom. The van der Waals surface area contributed by atoms with Gasteiger partial charge in [-0.3, -0.25) is 4.79 Å². The molecule has 120 valence electrons. The summed E-state index contributed by atoms with van der Waals surface area (Å²) >= 11 is 1.48. The van der Waals surface area contributed by atoms with Crippen LogP contribution in [0.5, 0.6) is 0 Å². The smallest absolute Gasteiger partial charge is 1.00 e. The van der Waals surface area contributed by atoms with E-state index in [1.165, 1.54) is 23.5 Å². The predicted octanol–water partition coefficient (Wildman–Crippen LogP) is 1.69. The average molecular weight is 355 g/mol. The van der Waals surface area contributed by atoms with Gasteiger partial charge in [0.1, 0.15) is 16.9 Å². The van der Waals surface area contributed by atoms with Crippen LogP contribution in [-0.4, -0.2) is 16.1 Å². The van der Waals surface area contributed by atoms with Gasteiger partial charge in [0.25, 0.3) is 0 Å². The van der Waals surface area contributed by atoms with Crippen molar-refractivity contribution in [3.05, 3.63) is 52.6 Å². The minimum Gasteiger partial charge on any atom is -1.00 e. The van der Waals surface area contributed by atoms with Gasteiger partial charge in [0.05, 0.1) is 0 Å². The number of hydrogen-bond acceptors (Lipinski definition) is 4. The van der Waals surface area contributed by atoms with Gasteiger partial charge in [-0.15, -0.1) is 0 Å². The van der Waals surface area contributed by atoms with E-state index in [2.05, 4.69) is 4.98 Å². The maximum absolute atomic E-state index is 13.1. The molecule has 7 heteroatoms. The van der Waals surface area contributed by atoms with Crippen molar-refractivity contribution in [1.82, 2.24) is 4.98 Å². The van der Waals surface area contributed by atoms with Crippen molar-refractivity contribution in [2.45, 2.75) is 19.3 Å². The Labute approximate surface area is 166 Å². The number of benzene rings is 1. The first-order valence-corrected chi connectivity index (χ1v) is 7.87. The van der Waals surface area contributed by atoms with Crippen molar-refractivity contribution in [2.75, 3.05) is 0 Å². The molecule has 1 aromatic carbocycles. The van der Waals surface area contributed by atoms with Gasteiger partial charge in [0.15, 0.2) is 5.76 Å². The molecule has 0 fully saturated rings. The molecule has 0 aliphatic heterocycles. The Hall–Kier alpha value is -1.47. The fourth-order valence-corrected chi connectivity index (χ4v) is 2.79. The molecular weight excluding hydrogens is 340 g/mol. The zero-order valence-electron chi connectivity index (χ0n) is 14.5. The number of oxazole rings is 1. The minimum atomic E-state index is -1.21. The van der Waals surface area contributed by atoms with Gasteiger partial charge < -0.3 is 11.0 Å². The Morgan fingerprint density at radius 2 is 1.92 bits per heavy atom. The molecule has 0 amide bonds. The Balaban J connectivity index is 0.00000156. The molecule has 0 unspecified atom stereocenters. The van der Waals surface area contributed by atoms with Gasteiger partial charge in [0.2, 0.25) is 5.89 Å². The Morgan fingerprint density at radius 3 is 2.46 bits per heavy atom. The van der Waals surface area contributed by atoms with E-state index < -0.39 is 11.4 Å². The van der Waals surface area contributed by atoms with Crippen molar-refractivity contribution >= 4 is 17.3 Å². The van der Waals surface area contributed by atoms with E-state index in [-0.39, 0.29) is 42.7 Å². The van der Waals surface area contributed by atoms with E-state index >= 15 is 0 Å². The normalized spacial score (nSPS) is 11.1. The van der Waals surface area contributed by atoms with Crippen molar-refractivity contribution in [2.24, 2.45) is 0 Å². The molecule has 0 atom stereocenters. The maximum atomic E-state index is 13.1. The fraction of sp³-hybridized carbons (Fsp3) is 0.176. The summed E-state index contributed by atoms with van der Waals surface area (Å²) in [5, 5.41) is 13.3. The summed E-state index contributed by atoms with van der Waals surface area (Å²) in [6.07, 6.45) is 0. The van der Waals surface area contributed by atoms with Crippen molar-refractivity contribution in [1.29, 1.82) is 0 Å². The molecule has 3 rings (SSSR count). The largest absolute Gasteiger partial charge is 1.00 e. The van der Waals surface area contributed by atoms with Gasteiger partial charge in [-0.1, -0.05) is 0 Å². The van der Waals surface area contributed by atoms with Crippen LogP contribution in [0, 0.1) is 5.82 Å². The summed E-state index contributed by atoms with van der Waals surface area (Å²) in [5.74, 6) is -0.647. The molecule has 3 aromatic rings. The second-order valence-electron chi connectivity index (χ2n) is 5.65. The van der Waals surface area contributed by atoms with Crippen LogP contribution in [-0.2, 0) is 10.2 Å². The molecule has 0 aliphatic rings. The standard InChI is InChI=1S/C17H14FNO3S.Na.H/c1-17(2,16(20)21)14-13(11-7-8-23-9-11)22-15(19-14)10-3-5-12(18)6-4-10;;/h3-9H,1-2H3,(H,20,21);;/q;+1;-1. The quantitative estimate of drug-likeness (QED) is 0.724. The van der Waals surface area contributed by atoms with Crippen LogP contribution < -0.4 is 29.6 Å². The SMILES string of the molecule is CC(C)(C(=O)O)c1nc(-c2ccc(F)cc2)oc1-c1ccsc1.[H-].[Na+]. The molecule has 1 N–H and O–H groups in total. The summed E-state index contributed by atoms with van der Waals surface area (Å²) in [7, 11) is 0. The summed E-state index contributed by atoms with van der Waals surface area (Å²) in [5.41, 5.74) is 0.511. The number of hydrogen-bond donors (Lipinski definition) is 1. The van der Waals surface area contributed by atoms with E-state index in [9.17, 15) is 14.3 Å². The summed E-state index contributed by atoms with van der Waals surface area (Å²) in [6.45, 7) is 3.16. The first-order chi connectivity index (χ1) is 10.9. The number of carboxylic acid groups (broad SMARTS) is 1. The van der Waals surface area contributed by atoms with E-state index in [0.717, 1.165) is 5.56 Å². The predicted molar refractivity (Wildman–Crippen MR) is 87.0 cm³/mol. The van der Waals surface area contributed by atoms with E-state index in [1.54, 1.807) is 26.0 Å². The van der Waals surface area contributed by atoms with Crippen molar-refractivity contribution < 1.29 is 49.7 Å². The molecule has 24 heavy (non-hydrogen) atoms. The topological polar surface area (TPSA) is 63.3 Å². The number of thiophene rings is 1. The number of aliphatic carboxylic acids is 1. The van der Waals surface area contributed by atoms with Crippen LogP contribution in [0.1, 0.15) is 21.0 Å². The van der Waals surface area contributed by atoms with Crippen LogP contribution in [0.3, 0.4) is 0 Å². The van der Waals surface area contributed by atoms with Gasteiger partial charge in [0, 0.05) is 16.5 Å². The summed E-state index contributed by atoms with van der Waals surface area (Å²) in [4.78, 5) is 16.0. The Kier molecular flexibility index (Phi) is 5.65. The summed E-state index contributed by atoms with van der Waals surface area (Å²) < 4.78 is 18.9. The molecule has 2 heterocycles. The first-order valence-electron chi connectivity index (χ1n) is 6.93. The van der Waals surface area contributed by atoms with Crippen molar-refractivity contribution in [3.8, 4) is 22.8 Å². The summed E-state index contributed by atoms with van der Waals surface area (Å²) in [6, 6.07) is 7.57. The third-order valence-corrected chi connectivity index (χ3v) is 4.31. The molecule has 4 nitrogen and oxygen atoms in total. The minimum absolute atomic E-state index is 0.